The lowest BCUT2D eigenvalue weighted by molar-refractivity contribution is 0.346. The quantitative estimate of drug-likeness (QED) is 0.435. The van der Waals surface area contributed by atoms with Crippen LogP contribution in [0.1, 0.15) is 72.0 Å². The highest BCUT2D eigenvalue weighted by Crippen LogP contribution is 2.21. The molecule has 1 aromatic heterocycles. The van der Waals surface area contributed by atoms with E-state index >= 15 is 0 Å². The van der Waals surface area contributed by atoms with Crippen molar-refractivity contribution in [2.45, 2.75) is 79.8 Å². The first-order valence-electron chi connectivity index (χ1n) is 9.12. The van der Waals surface area contributed by atoms with Crippen molar-refractivity contribution in [2.75, 3.05) is 6.54 Å². The van der Waals surface area contributed by atoms with Gasteiger partial charge < -0.3 is 15.2 Å². The number of aromatic nitrogens is 3. The largest absolute Gasteiger partial charge is 0.356 e. The van der Waals surface area contributed by atoms with Crippen LogP contribution in [0.3, 0.4) is 0 Å². The fourth-order valence-electron chi connectivity index (χ4n) is 2.23. The number of guanidine groups is 1. The predicted molar refractivity (Wildman–Crippen MR) is 101 cm³/mol. The van der Waals surface area contributed by atoms with Crippen molar-refractivity contribution in [3.63, 3.8) is 0 Å². The number of nitrogens with one attached hydrogen (secondary N) is 2. The van der Waals surface area contributed by atoms with Crippen LogP contribution in [0.15, 0.2) is 4.99 Å². The second kappa shape index (κ2) is 9.64. The van der Waals surface area contributed by atoms with Crippen molar-refractivity contribution in [1.29, 1.82) is 0 Å². The van der Waals surface area contributed by atoms with Crippen molar-refractivity contribution in [3.8, 4) is 0 Å². The Morgan fingerprint density at radius 2 is 2.00 bits per heavy atom. The zero-order chi connectivity index (χ0) is 18.2. The summed E-state index contributed by atoms with van der Waals surface area (Å²) < 4.78 is 1.98. The van der Waals surface area contributed by atoms with Gasteiger partial charge in [-0.2, -0.15) is 0 Å². The fourth-order valence-corrected chi connectivity index (χ4v) is 2.23. The molecular weight excluding hydrogens is 300 g/mol. The molecule has 1 aromatic rings. The molecule has 1 unspecified atom stereocenters. The van der Waals surface area contributed by atoms with Crippen molar-refractivity contribution in [1.82, 2.24) is 25.4 Å². The molecular formula is C18H36N6. The first kappa shape index (κ1) is 20.5. The van der Waals surface area contributed by atoms with E-state index in [0.29, 0.717) is 18.0 Å². The molecule has 1 heterocycles. The zero-order valence-corrected chi connectivity index (χ0v) is 16.6. The monoisotopic (exact) mass is 336 g/mol. The molecule has 6 heteroatoms. The van der Waals surface area contributed by atoms with Crippen LogP contribution in [0.2, 0.25) is 0 Å². The van der Waals surface area contributed by atoms with Gasteiger partial charge in [-0.25, -0.2) is 4.99 Å². The molecule has 0 aliphatic rings. The van der Waals surface area contributed by atoms with E-state index in [-0.39, 0.29) is 0 Å². The van der Waals surface area contributed by atoms with Gasteiger partial charge in [0.05, 0.1) is 0 Å². The lowest BCUT2D eigenvalue weighted by atomic mass is 9.89. The van der Waals surface area contributed by atoms with E-state index in [2.05, 4.69) is 55.4 Å². The van der Waals surface area contributed by atoms with E-state index in [0.717, 1.165) is 37.0 Å². The third-order valence-corrected chi connectivity index (χ3v) is 4.09. The molecule has 2 N–H and O–H groups in total. The summed E-state index contributed by atoms with van der Waals surface area (Å²) in [7, 11) is 1.98. The second-order valence-electron chi connectivity index (χ2n) is 7.81. The first-order valence-corrected chi connectivity index (χ1v) is 9.12. The van der Waals surface area contributed by atoms with Gasteiger partial charge in [-0.05, 0) is 38.5 Å². The van der Waals surface area contributed by atoms with Crippen LogP contribution >= 0.6 is 0 Å². The van der Waals surface area contributed by atoms with Gasteiger partial charge in [0, 0.05) is 19.6 Å². The van der Waals surface area contributed by atoms with Gasteiger partial charge in [-0.15, -0.1) is 10.2 Å². The standard InChI is InChI=1S/C18H36N6/c1-8-9-12-19-17(21-14(2)10-11-18(4,5)6)20-13-16-23-22-15(3)24(16)7/h14H,8-13H2,1-7H3,(H2,19,20,21). The maximum absolute atomic E-state index is 4.70. The van der Waals surface area contributed by atoms with Gasteiger partial charge in [-0.1, -0.05) is 34.1 Å². The number of hydrogen-bond acceptors (Lipinski definition) is 3. The lowest BCUT2D eigenvalue weighted by Crippen LogP contribution is -2.43. The van der Waals surface area contributed by atoms with Crippen molar-refractivity contribution in [2.24, 2.45) is 17.5 Å². The molecule has 0 saturated heterocycles. The Morgan fingerprint density at radius 3 is 2.54 bits per heavy atom. The van der Waals surface area contributed by atoms with Gasteiger partial charge in [0.1, 0.15) is 12.4 Å². The van der Waals surface area contributed by atoms with Crippen molar-refractivity contribution < 1.29 is 0 Å². The first-order chi connectivity index (χ1) is 11.2. The average Bonchev–Trinajstić information content (AvgIpc) is 2.81. The molecule has 0 aliphatic heterocycles. The third kappa shape index (κ3) is 7.79. The van der Waals surface area contributed by atoms with Crippen LogP contribution in [0.25, 0.3) is 0 Å². The van der Waals surface area contributed by atoms with Crippen LogP contribution in [0, 0.1) is 12.3 Å². The molecule has 1 rings (SSSR count). The second-order valence-corrected chi connectivity index (χ2v) is 7.81. The van der Waals surface area contributed by atoms with Gasteiger partial charge in [-0.3, -0.25) is 0 Å². The minimum Gasteiger partial charge on any atom is -0.356 e. The maximum Gasteiger partial charge on any atom is 0.191 e. The van der Waals surface area contributed by atoms with Crippen LogP contribution in [-0.4, -0.2) is 33.3 Å². The Labute approximate surface area is 147 Å². The van der Waals surface area contributed by atoms with E-state index in [9.17, 15) is 0 Å². The number of aryl methyl sites for hydroxylation is 1. The van der Waals surface area contributed by atoms with E-state index in [1.807, 2.05) is 18.5 Å². The van der Waals surface area contributed by atoms with Crippen LogP contribution < -0.4 is 10.6 Å². The Morgan fingerprint density at radius 1 is 1.29 bits per heavy atom. The summed E-state index contributed by atoms with van der Waals surface area (Å²) >= 11 is 0. The summed E-state index contributed by atoms with van der Waals surface area (Å²) in [4.78, 5) is 4.70. The minimum atomic E-state index is 0.360. The summed E-state index contributed by atoms with van der Waals surface area (Å²) in [6.07, 6.45) is 4.62. The Bertz CT molecular complexity index is 512. The van der Waals surface area contributed by atoms with Gasteiger partial charge in [0.2, 0.25) is 0 Å². The Kier molecular flexibility index (Phi) is 8.22. The molecule has 0 spiro atoms. The SMILES string of the molecule is CCCCNC(=NCc1nnc(C)n1C)NC(C)CCC(C)(C)C. The number of nitrogens with zero attached hydrogens (tertiary/aromatic N) is 4. The molecule has 138 valence electrons. The van der Waals surface area contributed by atoms with Gasteiger partial charge in [0.25, 0.3) is 0 Å². The number of aliphatic imine (C=N–C) groups is 1. The molecule has 0 radical (unpaired) electrons. The zero-order valence-electron chi connectivity index (χ0n) is 16.6. The molecule has 0 aromatic carbocycles. The third-order valence-electron chi connectivity index (χ3n) is 4.09. The topological polar surface area (TPSA) is 67.1 Å². The van der Waals surface area contributed by atoms with E-state index < -0.39 is 0 Å². The molecule has 0 bridgehead atoms. The van der Waals surface area contributed by atoms with Crippen LogP contribution in [0.4, 0.5) is 0 Å². The molecule has 24 heavy (non-hydrogen) atoms. The Balaban J connectivity index is 2.64. The smallest absolute Gasteiger partial charge is 0.191 e. The van der Waals surface area contributed by atoms with Gasteiger partial charge in [0.15, 0.2) is 11.8 Å². The highest BCUT2D eigenvalue weighted by atomic mass is 15.3. The molecule has 6 nitrogen and oxygen atoms in total. The normalized spacial score (nSPS) is 13.9. The average molecular weight is 337 g/mol. The summed E-state index contributed by atoms with van der Waals surface area (Å²) in [6.45, 7) is 14.7. The number of unbranched alkanes of at least 4 members (excludes halogenated alkanes) is 1. The molecule has 0 saturated carbocycles. The fraction of sp³-hybridized carbons (Fsp3) is 0.833. The van der Waals surface area contributed by atoms with Crippen LogP contribution in [-0.2, 0) is 13.6 Å². The molecule has 0 aliphatic carbocycles. The maximum atomic E-state index is 4.70. The predicted octanol–water partition coefficient (Wildman–Crippen LogP) is 3.17. The van der Waals surface area contributed by atoms with E-state index in [1.165, 1.54) is 12.8 Å². The molecule has 0 amide bonds. The molecule has 1 atom stereocenters. The Hall–Kier alpha value is -1.59. The lowest BCUT2D eigenvalue weighted by Gasteiger charge is -2.23. The number of rotatable bonds is 8. The number of hydrogen-bond donors (Lipinski definition) is 2. The summed E-state index contributed by atoms with van der Waals surface area (Å²) in [6, 6.07) is 0.387. The van der Waals surface area contributed by atoms with E-state index in [1.54, 1.807) is 0 Å². The highest BCUT2D eigenvalue weighted by molar-refractivity contribution is 5.80. The summed E-state index contributed by atoms with van der Waals surface area (Å²) in [5.41, 5.74) is 0.360. The van der Waals surface area contributed by atoms with Gasteiger partial charge >= 0.3 is 0 Å². The van der Waals surface area contributed by atoms with Crippen LogP contribution in [0.5, 0.6) is 0 Å². The summed E-state index contributed by atoms with van der Waals surface area (Å²) in [5.74, 6) is 2.66. The highest BCUT2D eigenvalue weighted by Gasteiger charge is 2.13. The summed E-state index contributed by atoms with van der Waals surface area (Å²) in [5, 5.41) is 15.2. The van der Waals surface area contributed by atoms with E-state index in [4.69, 9.17) is 4.99 Å². The molecule has 0 fully saturated rings. The van der Waals surface area contributed by atoms with Crippen molar-refractivity contribution >= 4 is 5.96 Å². The minimum absolute atomic E-state index is 0.360. The van der Waals surface area contributed by atoms with Crippen molar-refractivity contribution in [3.05, 3.63) is 11.6 Å².